The number of nitrogen functional groups attached to an aromatic ring is 1. The van der Waals surface area contributed by atoms with Crippen LogP contribution in [0.5, 0.6) is 0 Å². The Kier molecular flexibility index (Phi) is 3.61. The summed E-state index contributed by atoms with van der Waals surface area (Å²) in [7, 11) is 0. The largest absolute Gasteiger partial charge is 0.382 e. The van der Waals surface area contributed by atoms with Gasteiger partial charge in [0.05, 0.1) is 5.25 Å². The maximum absolute atomic E-state index is 5.76. The van der Waals surface area contributed by atoms with Gasteiger partial charge in [0.15, 0.2) is 17.3 Å². The minimum atomic E-state index is 0.258. The summed E-state index contributed by atoms with van der Waals surface area (Å²) in [5.41, 5.74) is 6.20. The molecule has 0 amide bonds. The predicted molar refractivity (Wildman–Crippen MR) is 76.9 cm³/mol. The Morgan fingerprint density at radius 3 is 2.84 bits per heavy atom. The molecular weight excluding hydrogens is 282 g/mol. The Hall–Kier alpha value is -1.28. The molecule has 1 fully saturated rings. The summed E-state index contributed by atoms with van der Waals surface area (Å²) in [4.78, 5) is 12.5. The normalized spacial score (nSPS) is 23.4. The van der Waals surface area contributed by atoms with Crippen molar-refractivity contribution in [3.8, 4) is 11.6 Å². The molecule has 0 saturated carbocycles. The molecule has 19 heavy (non-hydrogen) atoms. The van der Waals surface area contributed by atoms with E-state index in [1.807, 2.05) is 23.5 Å². The number of aromatic nitrogens is 4. The van der Waals surface area contributed by atoms with E-state index in [9.17, 15) is 0 Å². The molecule has 0 aromatic carbocycles. The first kappa shape index (κ1) is 12.7. The van der Waals surface area contributed by atoms with Crippen LogP contribution in [-0.2, 0) is 0 Å². The van der Waals surface area contributed by atoms with E-state index in [-0.39, 0.29) is 5.25 Å². The van der Waals surface area contributed by atoms with Crippen LogP contribution in [0.2, 0.25) is 0 Å². The molecule has 1 aliphatic rings. The van der Waals surface area contributed by atoms with Gasteiger partial charge in [-0.25, -0.2) is 9.97 Å². The van der Waals surface area contributed by atoms with Crippen LogP contribution in [-0.4, -0.2) is 36.9 Å². The van der Waals surface area contributed by atoms with Gasteiger partial charge in [0.1, 0.15) is 0 Å². The number of anilines is 1. The van der Waals surface area contributed by atoms with E-state index in [1.165, 1.54) is 11.9 Å². The van der Waals surface area contributed by atoms with Gasteiger partial charge >= 0.3 is 0 Å². The van der Waals surface area contributed by atoms with E-state index in [0.29, 0.717) is 28.5 Å². The van der Waals surface area contributed by atoms with Crippen molar-refractivity contribution >= 4 is 29.3 Å². The highest BCUT2D eigenvalue weighted by atomic mass is 32.2. The van der Waals surface area contributed by atoms with E-state index in [4.69, 9.17) is 10.3 Å². The van der Waals surface area contributed by atoms with Gasteiger partial charge in [0.25, 0.3) is 5.89 Å². The molecule has 2 atom stereocenters. The van der Waals surface area contributed by atoms with Crippen molar-refractivity contribution in [2.24, 2.45) is 0 Å². The van der Waals surface area contributed by atoms with Crippen molar-refractivity contribution in [2.75, 3.05) is 17.2 Å². The first-order valence-corrected chi connectivity index (χ1v) is 7.99. The monoisotopic (exact) mass is 295 g/mol. The predicted octanol–water partition coefficient (Wildman–Crippen LogP) is 2.02. The Balaban J connectivity index is 1.89. The molecule has 0 aliphatic carbocycles. The zero-order chi connectivity index (χ0) is 13.2. The number of hydrogen-bond donors (Lipinski definition) is 1. The van der Waals surface area contributed by atoms with Crippen molar-refractivity contribution in [1.82, 2.24) is 20.1 Å². The van der Waals surface area contributed by atoms with Crippen molar-refractivity contribution in [2.45, 2.75) is 17.4 Å². The maximum Gasteiger partial charge on any atom is 0.280 e. The quantitative estimate of drug-likeness (QED) is 0.899. The van der Waals surface area contributed by atoms with Crippen LogP contribution in [0.4, 0.5) is 5.82 Å². The van der Waals surface area contributed by atoms with Gasteiger partial charge in [0.2, 0.25) is 0 Å². The Bertz CT molecular complexity index is 576. The van der Waals surface area contributed by atoms with Crippen molar-refractivity contribution in [1.29, 1.82) is 0 Å². The van der Waals surface area contributed by atoms with Gasteiger partial charge in [-0.1, -0.05) is 12.1 Å². The van der Waals surface area contributed by atoms with Gasteiger partial charge in [-0.05, 0) is 0 Å². The maximum atomic E-state index is 5.76. The lowest BCUT2D eigenvalue weighted by Gasteiger charge is -2.24. The van der Waals surface area contributed by atoms with Gasteiger partial charge in [0, 0.05) is 29.1 Å². The molecular formula is C11H13N5OS2. The first-order valence-electron chi connectivity index (χ1n) is 5.89. The molecule has 0 spiro atoms. The topological polar surface area (TPSA) is 90.7 Å². The molecule has 2 N–H and O–H groups in total. The smallest absolute Gasteiger partial charge is 0.280 e. The van der Waals surface area contributed by atoms with Gasteiger partial charge in [-0.3, -0.25) is 0 Å². The second kappa shape index (κ2) is 5.38. The van der Waals surface area contributed by atoms with E-state index >= 15 is 0 Å². The lowest BCUT2D eigenvalue weighted by atomic mass is 10.3. The lowest BCUT2D eigenvalue weighted by molar-refractivity contribution is 0.420. The number of nitrogens with zero attached hydrogens (tertiary/aromatic N) is 4. The summed E-state index contributed by atoms with van der Waals surface area (Å²) in [5.74, 6) is 3.63. The van der Waals surface area contributed by atoms with E-state index in [1.54, 1.807) is 6.20 Å². The van der Waals surface area contributed by atoms with Crippen molar-refractivity contribution in [3.05, 3.63) is 18.2 Å². The molecule has 6 nitrogen and oxygen atoms in total. The third kappa shape index (κ3) is 2.55. The minimum Gasteiger partial charge on any atom is -0.382 e. The average Bonchev–Trinajstić information content (AvgIpc) is 2.89. The molecule has 2 aromatic heterocycles. The highest BCUT2D eigenvalue weighted by Gasteiger charge is 2.29. The van der Waals surface area contributed by atoms with E-state index in [2.05, 4.69) is 27.0 Å². The fourth-order valence-corrected chi connectivity index (χ4v) is 4.56. The zero-order valence-corrected chi connectivity index (χ0v) is 11.9. The minimum absolute atomic E-state index is 0.258. The van der Waals surface area contributed by atoms with E-state index < -0.39 is 0 Å². The first-order chi connectivity index (χ1) is 9.25. The summed E-state index contributed by atoms with van der Waals surface area (Å²) in [5, 5.41) is 4.80. The summed E-state index contributed by atoms with van der Waals surface area (Å²) < 4.78 is 5.27. The number of nitrogens with two attached hydrogens (primary N) is 1. The van der Waals surface area contributed by atoms with Gasteiger partial charge in [-0.2, -0.15) is 16.7 Å². The van der Waals surface area contributed by atoms with Crippen LogP contribution >= 0.6 is 23.5 Å². The highest BCUT2D eigenvalue weighted by Crippen LogP contribution is 2.41. The van der Waals surface area contributed by atoms with Crippen LogP contribution in [0.15, 0.2) is 16.9 Å². The summed E-state index contributed by atoms with van der Waals surface area (Å²) >= 11 is 3.80. The number of hydrogen-bond acceptors (Lipinski definition) is 8. The molecule has 100 valence electrons. The molecule has 1 aliphatic heterocycles. The second-order valence-corrected chi connectivity index (χ2v) is 6.85. The molecule has 2 aromatic rings. The number of thioether (sulfide) groups is 2. The summed E-state index contributed by atoms with van der Waals surface area (Å²) in [6.07, 6.45) is 3.09. The average molecular weight is 295 g/mol. The fourth-order valence-electron chi connectivity index (χ4n) is 1.88. The summed E-state index contributed by atoms with van der Waals surface area (Å²) in [6.45, 7) is 2.19. The molecule has 2 unspecified atom stereocenters. The number of rotatable bonds is 2. The van der Waals surface area contributed by atoms with Crippen molar-refractivity contribution in [3.63, 3.8) is 0 Å². The molecule has 1 saturated heterocycles. The Morgan fingerprint density at radius 1 is 1.26 bits per heavy atom. The van der Waals surface area contributed by atoms with Gasteiger partial charge < -0.3 is 10.3 Å². The Labute approximate surface area is 119 Å². The molecule has 0 bridgehead atoms. The third-order valence-electron chi connectivity index (χ3n) is 2.81. The van der Waals surface area contributed by atoms with Crippen LogP contribution in [0.3, 0.4) is 0 Å². The summed E-state index contributed by atoms with van der Waals surface area (Å²) in [6, 6.07) is 0. The fraction of sp³-hybridized carbons (Fsp3) is 0.455. The molecule has 8 heteroatoms. The van der Waals surface area contributed by atoms with Crippen LogP contribution in [0, 0.1) is 0 Å². The zero-order valence-electron chi connectivity index (χ0n) is 10.3. The standard InChI is InChI=1S/C11H13N5OS2/c1-6-8(19-5-4-18-6)10-15-11(17-16-10)7-9(12)14-3-2-13-7/h2-3,6,8H,4-5H2,1H3,(H2,12,14). The molecule has 3 rings (SSSR count). The lowest BCUT2D eigenvalue weighted by Crippen LogP contribution is -2.16. The highest BCUT2D eigenvalue weighted by molar-refractivity contribution is 8.06. The molecule has 0 radical (unpaired) electrons. The van der Waals surface area contributed by atoms with Crippen LogP contribution in [0.25, 0.3) is 11.6 Å². The Morgan fingerprint density at radius 2 is 2.05 bits per heavy atom. The van der Waals surface area contributed by atoms with Crippen molar-refractivity contribution < 1.29 is 4.52 Å². The van der Waals surface area contributed by atoms with Gasteiger partial charge in [-0.15, -0.1) is 11.8 Å². The van der Waals surface area contributed by atoms with Crippen LogP contribution < -0.4 is 5.73 Å². The van der Waals surface area contributed by atoms with Crippen LogP contribution in [0.1, 0.15) is 18.0 Å². The second-order valence-electron chi connectivity index (χ2n) is 4.12. The molecule has 3 heterocycles. The SMILES string of the molecule is CC1SCCSC1c1noc(-c2nccnc2N)n1. The van der Waals surface area contributed by atoms with E-state index in [0.717, 1.165) is 5.75 Å². The third-order valence-corrected chi connectivity index (χ3v) is 5.90.